The van der Waals surface area contributed by atoms with Crippen LogP contribution in [0.2, 0.25) is 0 Å². The van der Waals surface area contributed by atoms with E-state index in [1.54, 1.807) is 0 Å². The number of nitrogens with zero attached hydrogens (tertiary/aromatic N) is 2. The first-order valence-corrected chi connectivity index (χ1v) is 6.26. The van der Waals surface area contributed by atoms with Gasteiger partial charge in [0.25, 0.3) is 0 Å². The average molecular weight is 219 g/mol. The van der Waals surface area contributed by atoms with Crippen LogP contribution in [0.1, 0.15) is 32.1 Å². The lowest BCUT2D eigenvalue weighted by Gasteiger charge is -2.11. The van der Waals surface area contributed by atoms with E-state index in [1.165, 1.54) is 32.1 Å². The molecule has 0 atom stereocenters. The van der Waals surface area contributed by atoms with E-state index in [0.29, 0.717) is 0 Å². The van der Waals surface area contributed by atoms with Gasteiger partial charge in [-0.25, -0.2) is 4.98 Å². The molecule has 2 rings (SSSR count). The van der Waals surface area contributed by atoms with Gasteiger partial charge in [-0.2, -0.15) is 0 Å². The molecule has 0 aromatic carbocycles. The lowest BCUT2D eigenvalue weighted by molar-refractivity contribution is 0.517. The van der Waals surface area contributed by atoms with E-state index in [2.05, 4.69) is 21.4 Å². The van der Waals surface area contributed by atoms with Crippen molar-refractivity contribution < 1.29 is 0 Å². The van der Waals surface area contributed by atoms with Crippen LogP contribution in [0.15, 0.2) is 25.0 Å². The summed E-state index contributed by atoms with van der Waals surface area (Å²) >= 11 is 0. The van der Waals surface area contributed by atoms with Crippen LogP contribution in [0.3, 0.4) is 0 Å². The van der Waals surface area contributed by atoms with E-state index in [-0.39, 0.29) is 0 Å². The molecule has 1 saturated carbocycles. The average Bonchev–Trinajstić information content (AvgIpc) is 2.91. The van der Waals surface area contributed by atoms with Crippen molar-refractivity contribution in [2.24, 2.45) is 5.92 Å². The summed E-state index contributed by atoms with van der Waals surface area (Å²) in [6.45, 7) is 5.61. The summed E-state index contributed by atoms with van der Waals surface area (Å²) in [5, 5.41) is 3.41. The summed E-state index contributed by atoms with van der Waals surface area (Å²) in [7, 11) is 0. The molecule has 1 heterocycles. The van der Waals surface area contributed by atoms with Gasteiger partial charge in [0.15, 0.2) is 0 Å². The zero-order chi connectivity index (χ0) is 11.2. The Bertz CT molecular complexity index is 324. The topological polar surface area (TPSA) is 29.9 Å². The molecule has 0 saturated heterocycles. The molecule has 1 aromatic heterocycles. The summed E-state index contributed by atoms with van der Waals surface area (Å²) in [6.07, 6.45) is 12.7. The van der Waals surface area contributed by atoms with Gasteiger partial charge in [0.2, 0.25) is 5.95 Å². The predicted molar refractivity (Wildman–Crippen MR) is 67.5 cm³/mol. The third kappa shape index (κ3) is 2.87. The summed E-state index contributed by atoms with van der Waals surface area (Å²) in [5.41, 5.74) is 0. The standard InChI is InChI=1S/C13H21N3/c1-2-10-16-11-9-15-13(16)14-8-7-12-5-3-4-6-12/h2,9,11-12H,1,3-8,10H2,(H,14,15). The molecule has 1 N–H and O–H groups in total. The van der Waals surface area contributed by atoms with Gasteiger partial charge >= 0.3 is 0 Å². The predicted octanol–water partition coefficient (Wildman–Crippen LogP) is 3.06. The molecule has 3 heteroatoms. The molecule has 0 bridgehead atoms. The number of rotatable bonds is 6. The second-order valence-corrected chi connectivity index (χ2v) is 4.56. The van der Waals surface area contributed by atoms with Gasteiger partial charge < -0.3 is 9.88 Å². The van der Waals surface area contributed by atoms with Crippen molar-refractivity contribution in [2.75, 3.05) is 11.9 Å². The molecule has 1 aliphatic carbocycles. The van der Waals surface area contributed by atoms with Crippen molar-refractivity contribution in [1.82, 2.24) is 9.55 Å². The van der Waals surface area contributed by atoms with Crippen molar-refractivity contribution in [2.45, 2.75) is 38.6 Å². The van der Waals surface area contributed by atoms with Crippen LogP contribution in [0.5, 0.6) is 0 Å². The molecule has 0 radical (unpaired) electrons. The van der Waals surface area contributed by atoms with Gasteiger partial charge in [0.05, 0.1) is 0 Å². The van der Waals surface area contributed by atoms with Crippen LogP contribution in [0.25, 0.3) is 0 Å². The van der Waals surface area contributed by atoms with Crippen molar-refractivity contribution in [3.8, 4) is 0 Å². The first kappa shape index (κ1) is 11.2. The van der Waals surface area contributed by atoms with Crippen LogP contribution < -0.4 is 5.32 Å². The van der Waals surface area contributed by atoms with E-state index in [4.69, 9.17) is 0 Å². The largest absolute Gasteiger partial charge is 0.356 e. The van der Waals surface area contributed by atoms with E-state index in [9.17, 15) is 0 Å². The summed E-state index contributed by atoms with van der Waals surface area (Å²) in [4.78, 5) is 4.30. The minimum Gasteiger partial charge on any atom is -0.356 e. The molecule has 0 spiro atoms. The Balaban J connectivity index is 1.75. The van der Waals surface area contributed by atoms with Crippen molar-refractivity contribution in [3.63, 3.8) is 0 Å². The highest BCUT2D eigenvalue weighted by Crippen LogP contribution is 2.27. The fourth-order valence-corrected chi connectivity index (χ4v) is 2.45. The van der Waals surface area contributed by atoms with Crippen LogP contribution in [-0.4, -0.2) is 16.1 Å². The van der Waals surface area contributed by atoms with Gasteiger partial charge in [0.1, 0.15) is 0 Å². The van der Waals surface area contributed by atoms with Gasteiger partial charge in [-0.3, -0.25) is 0 Å². The van der Waals surface area contributed by atoms with E-state index in [0.717, 1.165) is 25.0 Å². The monoisotopic (exact) mass is 219 g/mol. The summed E-state index contributed by atoms with van der Waals surface area (Å²) in [6, 6.07) is 0. The van der Waals surface area contributed by atoms with Gasteiger partial charge in [-0.05, 0) is 12.3 Å². The highest BCUT2D eigenvalue weighted by molar-refractivity contribution is 5.25. The van der Waals surface area contributed by atoms with E-state index in [1.807, 2.05) is 18.5 Å². The fourth-order valence-electron chi connectivity index (χ4n) is 2.45. The fraction of sp³-hybridized carbons (Fsp3) is 0.615. The third-order valence-electron chi connectivity index (χ3n) is 3.35. The Morgan fingerprint density at radius 1 is 1.50 bits per heavy atom. The second kappa shape index (κ2) is 5.73. The van der Waals surface area contributed by atoms with Gasteiger partial charge in [-0.1, -0.05) is 31.8 Å². The maximum Gasteiger partial charge on any atom is 0.203 e. The number of hydrogen-bond donors (Lipinski definition) is 1. The quantitative estimate of drug-likeness (QED) is 0.745. The molecule has 0 aliphatic heterocycles. The van der Waals surface area contributed by atoms with Crippen molar-refractivity contribution in [3.05, 3.63) is 25.0 Å². The van der Waals surface area contributed by atoms with Crippen LogP contribution >= 0.6 is 0 Å². The van der Waals surface area contributed by atoms with Crippen LogP contribution in [-0.2, 0) is 6.54 Å². The Labute approximate surface area is 97.6 Å². The zero-order valence-electron chi connectivity index (χ0n) is 9.86. The van der Waals surface area contributed by atoms with Gasteiger partial charge in [0, 0.05) is 25.5 Å². The third-order valence-corrected chi connectivity index (χ3v) is 3.35. The second-order valence-electron chi connectivity index (χ2n) is 4.56. The number of nitrogens with one attached hydrogen (secondary N) is 1. The minimum absolute atomic E-state index is 0.825. The maximum absolute atomic E-state index is 4.30. The molecular formula is C13H21N3. The smallest absolute Gasteiger partial charge is 0.203 e. The molecular weight excluding hydrogens is 198 g/mol. The molecule has 3 nitrogen and oxygen atoms in total. The Hall–Kier alpha value is -1.25. The molecule has 1 fully saturated rings. The van der Waals surface area contributed by atoms with Crippen molar-refractivity contribution in [1.29, 1.82) is 0 Å². The summed E-state index contributed by atoms with van der Waals surface area (Å²) in [5.74, 6) is 1.91. The number of allylic oxidation sites excluding steroid dienone is 1. The minimum atomic E-state index is 0.825. The Morgan fingerprint density at radius 3 is 3.06 bits per heavy atom. The summed E-state index contributed by atoms with van der Waals surface area (Å²) < 4.78 is 2.08. The number of hydrogen-bond acceptors (Lipinski definition) is 2. The first-order valence-electron chi connectivity index (χ1n) is 6.26. The first-order chi connectivity index (χ1) is 7.90. The SMILES string of the molecule is C=CCn1ccnc1NCCC1CCCC1. The van der Waals surface area contributed by atoms with E-state index >= 15 is 0 Å². The van der Waals surface area contributed by atoms with E-state index < -0.39 is 0 Å². The highest BCUT2D eigenvalue weighted by atomic mass is 15.2. The lowest BCUT2D eigenvalue weighted by atomic mass is 10.0. The Morgan fingerprint density at radius 2 is 2.31 bits per heavy atom. The Kier molecular flexibility index (Phi) is 4.03. The van der Waals surface area contributed by atoms with Crippen LogP contribution in [0.4, 0.5) is 5.95 Å². The zero-order valence-corrected chi connectivity index (χ0v) is 9.86. The van der Waals surface area contributed by atoms with Crippen LogP contribution in [0, 0.1) is 5.92 Å². The number of aromatic nitrogens is 2. The molecule has 1 aliphatic rings. The molecule has 16 heavy (non-hydrogen) atoms. The van der Waals surface area contributed by atoms with Crippen molar-refractivity contribution >= 4 is 5.95 Å². The maximum atomic E-state index is 4.30. The molecule has 0 unspecified atom stereocenters. The highest BCUT2D eigenvalue weighted by Gasteiger charge is 2.14. The normalized spacial score (nSPS) is 16.5. The lowest BCUT2D eigenvalue weighted by Crippen LogP contribution is -2.10. The number of anilines is 1. The number of imidazole rings is 1. The van der Waals surface area contributed by atoms with Gasteiger partial charge in [-0.15, -0.1) is 6.58 Å². The molecule has 88 valence electrons. The molecule has 1 aromatic rings. The molecule has 0 amide bonds.